The van der Waals surface area contributed by atoms with Gasteiger partial charge in [0, 0.05) is 16.5 Å². The maximum absolute atomic E-state index is 12.1. The van der Waals surface area contributed by atoms with Crippen LogP contribution in [0.15, 0.2) is 24.3 Å². The Morgan fingerprint density at radius 1 is 1.20 bits per heavy atom. The Balaban J connectivity index is 2.46. The number of rotatable bonds is 6. The fraction of sp³-hybridized carbons (Fsp3) is 0.438. The largest absolute Gasteiger partial charge is 0.461 e. The molecule has 0 bridgehead atoms. The molecule has 0 saturated carbocycles. The van der Waals surface area contributed by atoms with Gasteiger partial charge in [0.05, 0.1) is 19.7 Å². The molecule has 0 amide bonds. The lowest BCUT2D eigenvalue weighted by Gasteiger charge is -2.15. The van der Waals surface area contributed by atoms with Crippen LogP contribution in [0.3, 0.4) is 0 Å². The van der Waals surface area contributed by atoms with Crippen LogP contribution in [0, 0.1) is 0 Å². The van der Waals surface area contributed by atoms with Crippen molar-refractivity contribution < 1.29 is 14.4 Å². The van der Waals surface area contributed by atoms with Crippen molar-refractivity contribution in [2.24, 2.45) is 0 Å². The molecular weight excluding hydrogens is 252 g/mol. The number of H-pyrrole nitrogens is 1. The Bertz CT molecular complexity index is 585. The average molecular weight is 275 g/mol. The van der Waals surface area contributed by atoms with Gasteiger partial charge in [-0.3, -0.25) is 0 Å². The third-order valence-electron chi connectivity index (χ3n) is 3.72. The number of hydrogen-bond acceptors (Lipinski definition) is 2. The van der Waals surface area contributed by atoms with E-state index in [2.05, 4.69) is 24.9 Å². The zero-order valence-corrected chi connectivity index (χ0v) is 12.5. The van der Waals surface area contributed by atoms with Gasteiger partial charge in [-0.05, 0) is 26.8 Å². The number of esters is 1. The quantitative estimate of drug-likeness (QED) is 0.789. The minimum Gasteiger partial charge on any atom is -0.461 e. The minimum absolute atomic E-state index is 0.259. The van der Waals surface area contributed by atoms with E-state index in [0.29, 0.717) is 12.3 Å². The van der Waals surface area contributed by atoms with Gasteiger partial charge in [-0.25, -0.2) is 4.79 Å². The monoisotopic (exact) mass is 275 g/mol. The highest BCUT2D eigenvalue weighted by atomic mass is 16.5. The SMILES string of the molecule is CCOC(=O)c1[nH]c2ccccc2c1C[NH+](CC)CC. The van der Waals surface area contributed by atoms with Crippen molar-refractivity contribution >= 4 is 16.9 Å². The maximum Gasteiger partial charge on any atom is 0.355 e. The molecule has 0 atom stereocenters. The second kappa shape index (κ2) is 6.57. The molecule has 0 saturated heterocycles. The van der Waals surface area contributed by atoms with Crippen molar-refractivity contribution in [3.63, 3.8) is 0 Å². The number of carbonyl (C=O) groups excluding carboxylic acids is 1. The molecule has 0 unspecified atom stereocenters. The summed E-state index contributed by atoms with van der Waals surface area (Å²) in [5.41, 5.74) is 2.67. The van der Waals surface area contributed by atoms with Crippen molar-refractivity contribution in [1.82, 2.24) is 4.98 Å². The zero-order valence-electron chi connectivity index (χ0n) is 12.5. The van der Waals surface area contributed by atoms with Gasteiger partial charge in [-0.15, -0.1) is 0 Å². The molecule has 2 N–H and O–H groups in total. The standard InChI is InChI=1S/C16H22N2O2/c1-4-18(5-2)11-13-12-9-7-8-10-14(12)17-15(13)16(19)20-6-3/h7-10,17H,4-6,11H2,1-3H3/p+1. The zero-order chi connectivity index (χ0) is 14.5. The molecule has 0 fully saturated rings. The van der Waals surface area contributed by atoms with Crippen LogP contribution >= 0.6 is 0 Å². The molecule has 1 aromatic carbocycles. The molecule has 108 valence electrons. The summed E-state index contributed by atoms with van der Waals surface area (Å²) in [6, 6.07) is 8.04. The van der Waals surface area contributed by atoms with E-state index in [4.69, 9.17) is 4.74 Å². The summed E-state index contributed by atoms with van der Waals surface area (Å²) in [5.74, 6) is -0.259. The topological polar surface area (TPSA) is 46.5 Å². The van der Waals surface area contributed by atoms with Gasteiger partial charge in [-0.1, -0.05) is 18.2 Å². The second-order valence-electron chi connectivity index (χ2n) is 4.88. The van der Waals surface area contributed by atoms with Crippen LogP contribution in [0.4, 0.5) is 0 Å². The summed E-state index contributed by atoms with van der Waals surface area (Å²) in [5, 5.41) is 1.12. The first-order chi connectivity index (χ1) is 9.71. The fourth-order valence-corrected chi connectivity index (χ4v) is 2.51. The lowest BCUT2D eigenvalue weighted by atomic mass is 10.1. The van der Waals surface area contributed by atoms with Crippen LogP contribution in [0.5, 0.6) is 0 Å². The highest BCUT2D eigenvalue weighted by Gasteiger charge is 2.21. The summed E-state index contributed by atoms with van der Waals surface area (Å²) in [7, 11) is 0. The first-order valence-corrected chi connectivity index (χ1v) is 7.31. The molecule has 20 heavy (non-hydrogen) atoms. The molecule has 0 aliphatic carbocycles. The predicted molar refractivity (Wildman–Crippen MR) is 80.0 cm³/mol. The van der Waals surface area contributed by atoms with Crippen LogP contribution in [-0.2, 0) is 11.3 Å². The third-order valence-corrected chi connectivity index (χ3v) is 3.72. The molecule has 0 aliphatic heterocycles. The van der Waals surface area contributed by atoms with E-state index < -0.39 is 0 Å². The molecule has 2 rings (SSSR count). The number of ether oxygens (including phenoxy) is 1. The molecule has 1 heterocycles. The number of fused-ring (bicyclic) bond motifs is 1. The van der Waals surface area contributed by atoms with E-state index >= 15 is 0 Å². The number of hydrogen-bond donors (Lipinski definition) is 2. The van der Waals surface area contributed by atoms with E-state index in [1.54, 1.807) is 0 Å². The smallest absolute Gasteiger partial charge is 0.355 e. The second-order valence-corrected chi connectivity index (χ2v) is 4.88. The van der Waals surface area contributed by atoms with Crippen molar-refractivity contribution in [2.45, 2.75) is 27.3 Å². The highest BCUT2D eigenvalue weighted by molar-refractivity contribution is 5.98. The lowest BCUT2D eigenvalue weighted by molar-refractivity contribution is -0.910. The summed E-state index contributed by atoms with van der Waals surface area (Å²) in [6.45, 7) is 9.47. The molecule has 0 radical (unpaired) electrons. The lowest BCUT2D eigenvalue weighted by Crippen LogP contribution is -3.10. The first kappa shape index (κ1) is 14.6. The van der Waals surface area contributed by atoms with E-state index in [9.17, 15) is 4.79 Å². The normalized spacial score (nSPS) is 11.2. The van der Waals surface area contributed by atoms with Crippen molar-refractivity contribution in [2.75, 3.05) is 19.7 Å². The molecule has 4 heteroatoms. The summed E-state index contributed by atoms with van der Waals surface area (Å²) >= 11 is 0. The number of quaternary nitrogens is 1. The van der Waals surface area contributed by atoms with Gasteiger partial charge in [0.2, 0.25) is 0 Å². The molecule has 2 aromatic rings. The third kappa shape index (κ3) is 2.85. The Kier molecular flexibility index (Phi) is 4.79. The number of aromatic amines is 1. The van der Waals surface area contributed by atoms with Gasteiger partial charge < -0.3 is 14.6 Å². The Hall–Kier alpha value is -1.81. The van der Waals surface area contributed by atoms with E-state index in [1.165, 1.54) is 4.90 Å². The van der Waals surface area contributed by atoms with Gasteiger partial charge in [-0.2, -0.15) is 0 Å². The van der Waals surface area contributed by atoms with Crippen molar-refractivity contribution in [3.05, 3.63) is 35.5 Å². The average Bonchev–Trinajstić information content (AvgIpc) is 2.83. The summed E-state index contributed by atoms with van der Waals surface area (Å²) in [6.07, 6.45) is 0. The first-order valence-electron chi connectivity index (χ1n) is 7.31. The predicted octanol–water partition coefficient (Wildman–Crippen LogP) is 1.77. The highest BCUT2D eigenvalue weighted by Crippen LogP contribution is 2.22. The van der Waals surface area contributed by atoms with Crippen LogP contribution in [0.1, 0.15) is 36.8 Å². The minimum atomic E-state index is -0.259. The van der Waals surface area contributed by atoms with Crippen LogP contribution in [0.2, 0.25) is 0 Å². The molecular formula is C16H23N2O2+. The van der Waals surface area contributed by atoms with Gasteiger partial charge in [0.1, 0.15) is 12.2 Å². The number of aromatic nitrogens is 1. The number of carbonyl (C=O) groups is 1. The Labute approximate surface area is 119 Å². The number of para-hydroxylation sites is 1. The fourth-order valence-electron chi connectivity index (χ4n) is 2.51. The van der Waals surface area contributed by atoms with Crippen LogP contribution < -0.4 is 4.90 Å². The van der Waals surface area contributed by atoms with Crippen molar-refractivity contribution in [3.8, 4) is 0 Å². The molecule has 4 nitrogen and oxygen atoms in total. The Morgan fingerprint density at radius 2 is 1.90 bits per heavy atom. The van der Waals surface area contributed by atoms with Crippen molar-refractivity contribution in [1.29, 1.82) is 0 Å². The Morgan fingerprint density at radius 3 is 2.55 bits per heavy atom. The van der Waals surface area contributed by atoms with Crippen LogP contribution in [0.25, 0.3) is 10.9 Å². The summed E-state index contributed by atoms with van der Waals surface area (Å²) in [4.78, 5) is 16.8. The molecule has 0 aliphatic rings. The van der Waals surface area contributed by atoms with E-state index in [-0.39, 0.29) is 5.97 Å². The molecule has 1 aromatic heterocycles. The van der Waals surface area contributed by atoms with Gasteiger partial charge in [0.25, 0.3) is 0 Å². The van der Waals surface area contributed by atoms with Crippen LogP contribution in [-0.4, -0.2) is 30.6 Å². The maximum atomic E-state index is 12.1. The molecule has 0 spiro atoms. The van der Waals surface area contributed by atoms with E-state index in [0.717, 1.165) is 36.1 Å². The van der Waals surface area contributed by atoms with Gasteiger partial charge >= 0.3 is 5.97 Å². The van der Waals surface area contributed by atoms with Gasteiger partial charge in [0.15, 0.2) is 0 Å². The summed E-state index contributed by atoms with van der Waals surface area (Å²) < 4.78 is 5.17. The van der Waals surface area contributed by atoms with E-state index in [1.807, 2.05) is 25.1 Å². The number of benzene rings is 1. The number of nitrogens with one attached hydrogen (secondary N) is 2.